The molecule has 1 aliphatic rings. The van der Waals surface area contributed by atoms with Gasteiger partial charge in [0.25, 0.3) is 0 Å². The molecule has 4 aromatic rings. The second-order valence-electron chi connectivity index (χ2n) is 8.37. The minimum Gasteiger partial charge on any atom is -0.337 e. The van der Waals surface area contributed by atoms with Gasteiger partial charge in [-0.3, -0.25) is 4.79 Å². The lowest BCUT2D eigenvalue weighted by molar-refractivity contribution is -0.117. The number of nitrogens with one attached hydrogen (secondary N) is 1. The van der Waals surface area contributed by atoms with Gasteiger partial charge >= 0.3 is 5.69 Å². The molecular weight excluding hydrogens is 416 g/mol. The van der Waals surface area contributed by atoms with Crippen LogP contribution >= 0.6 is 0 Å². The van der Waals surface area contributed by atoms with Crippen molar-refractivity contribution in [2.45, 2.75) is 39.8 Å². The lowest BCUT2D eigenvalue weighted by Gasteiger charge is -2.29. The number of amides is 1. The molecule has 33 heavy (non-hydrogen) atoms. The molecule has 0 saturated carbocycles. The maximum atomic E-state index is 13.3. The first-order valence-corrected chi connectivity index (χ1v) is 11.2. The first kappa shape index (κ1) is 20.9. The van der Waals surface area contributed by atoms with E-state index in [1.807, 2.05) is 37.3 Å². The van der Waals surface area contributed by atoms with E-state index in [1.54, 1.807) is 6.07 Å². The third-order valence-electron chi connectivity index (χ3n) is 6.00. The molecule has 0 unspecified atom stereocenters. The van der Waals surface area contributed by atoms with E-state index in [4.69, 9.17) is 0 Å². The largest absolute Gasteiger partial charge is 0.353 e. The Kier molecular flexibility index (Phi) is 5.42. The van der Waals surface area contributed by atoms with Crippen molar-refractivity contribution in [3.8, 4) is 0 Å². The number of anilines is 2. The van der Waals surface area contributed by atoms with Crippen LogP contribution < -0.4 is 15.9 Å². The molecule has 3 heterocycles. The summed E-state index contributed by atoms with van der Waals surface area (Å²) in [6.45, 7) is 5.21. The Bertz CT molecular complexity index is 1400. The Balaban J connectivity index is 1.44. The fourth-order valence-electron chi connectivity index (χ4n) is 4.32. The van der Waals surface area contributed by atoms with Crippen LogP contribution in [0.4, 0.5) is 11.6 Å². The van der Waals surface area contributed by atoms with Crippen molar-refractivity contribution in [3.05, 3.63) is 87.5 Å². The van der Waals surface area contributed by atoms with Crippen LogP contribution in [-0.2, 0) is 30.7 Å². The van der Waals surface area contributed by atoms with Gasteiger partial charge in [0.05, 0.1) is 0 Å². The predicted octanol–water partition coefficient (Wildman–Crippen LogP) is 2.96. The third kappa shape index (κ3) is 4.11. The van der Waals surface area contributed by atoms with Crippen LogP contribution in [0.5, 0.6) is 0 Å². The average Bonchev–Trinajstić information content (AvgIpc) is 3.12. The van der Waals surface area contributed by atoms with Gasteiger partial charge in [0, 0.05) is 30.5 Å². The van der Waals surface area contributed by atoms with Crippen LogP contribution in [0.15, 0.2) is 59.4 Å². The second-order valence-corrected chi connectivity index (χ2v) is 8.37. The summed E-state index contributed by atoms with van der Waals surface area (Å²) in [6, 6.07) is 17.8. The van der Waals surface area contributed by atoms with E-state index in [0.717, 1.165) is 30.6 Å². The molecule has 1 N–H and O–H groups in total. The number of carbonyl (C=O) groups excluding carboxylic acids is 1. The Morgan fingerprint density at radius 1 is 1.09 bits per heavy atom. The molecule has 5 rings (SSSR count). The zero-order valence-electron chi connectivity index (χ0n) is 18.8. The van der Waals surface area contributed by atoms with Gasteiger partial charge in [-0.15, -0.1) is 5.10 Å². The van der Waals surface area contributed by atoms with E-state index in [1.165, 1.54) is 20.2 Å². The zero-order valence-corrected chi connectivity index (χ0v) is 18.8. The molecule has 8 heteroatoms. The lowest BCUT2D eigenvalue weighted by atomic mass is 10.0. The topological polar surface area (TPSA) is 84.5 Å². The van der Waals surface area contributed by atoms with E-state index in [9.17, 15) is 9.59 Å². The standard InChI is InChI=1S/C25H26N6O2/c1-3-18-7-6-10-21(14-18)27-23(32)16-30-25(33)31-22(28-30)13-17(2)26-24(31)29-12-11-19-8-4-5-9-20(19)15-29/h4-10,13-14H,3,11-12,15-16H2,1-2H3,(H,27,32). The highest BCUT2D eigenvalue weighted by atomic mass is 16.2. The van der Waals surface area contributed by atoms with E-state index >= 15 is 0 Å². The van der Waals surface area contributed by atoms with Crippen LogP contribution in [0.1, 0.15) is 29.3 Å². The smallest absolute Gasteiger partial charge is 0.337 e. The first-order valence-electron chi connectivity index (χ1n) is 11.2. The third-order valence-corrected chi connectivity index (χ3v) is 6.00. The maximum Gasteiger partial charge on any atom is 0.353 e. The Morgan fingerprint density at radius 2 is 1.91 bits per heavy atom. The molecule has 2 aromatic heterocycles. The molecule has 0 saturated heterocycles. The van der Waals surface area contributed by atoms with Crippen LogP contribution in [0.25, 0.3) is 5.65 Å². The molecule has 0 aliphatic carbocycles. The number of aryl methyl sites for hydroxylation is 2. The molecule has 0 spiro atoms. The fourth-order valence-corrected chi connectivity index (χ4v) is 4.32. The number of nitrogens with zero attached hydrogens (tertiary/aromatic N) is 5. The van der Waals surface area contributed by atoms with Gasteiger partial charge in [-0.2, -0.15) is 0 Å². The summed E-state index contributed by atoms with van der Waals surface area (Å²) < 4.78 is 2.71. The van der Waals surface area contributed by atoms with Gasteiger partial charge in [-0.05, 0) is 48.6 Å². The minimum absolute atomic E-state index is 0.168. The van der Waals surface area contributed by atoms with Crippen LogP contribution in [0.2, 0.25) is 0 Å². The van der Waals surface area contributed by atoms with E-state index in [-0.39, 0.29) is 18.1 Å². The number of rotatable bonds is 5. The number of hydrogen-bond donors (Lipinski definition) is 1. The normalized spacial score (nSPS) is 13.2. The molecule has 0 fully saturated rings. The molecule has 0 radical (unpaired) electrons. The summed E-state index contributed by atoms with van der Waals surface area (Å²) in [4.78, 5) is 32.7. The summed E-state index contributed by atoms with van der Waals surface area (Å²) in [5, 5.41) is 7.29. The van der Waals surface area contributed by atoms with Crippen molar-refractivity contribution in [3.63, 3.8) is 0 Å². The Labute approximate surface area is 191 Å². The van der Waals surface area contributed by atoms with Crippen LogP contribution in [-0.4, -0.2) is 31.6 Å². The Morgan fingerprint density at radius 3 is 2.73 bits per heavy atom. The minimum atomic E-state index is -0.371. The van der Waals surface area contributed by atoms with Gasteiger partial charge in [-0.25, -0.2) is 18.9 Å². The number of aromatic nitrogens is 4. The van der Waals surface area contributed by atoms with Crippen molar-refractivity contribution < 1.29 is 4.79 Å². The number of fused-ring (bicyclic) bond motifs is 2. The number of carbonyl (C=O) groups is 1. The summed E-state index contributed by atoms with van der Waals surface area (Å²) in [6.07, 6.45) is 1.76. The predicted molar refractivity (Wildman–Crippen MR) is 128 cm³/mol. The van der Waals surface area contributed by atoms with Crippen molar-refractivity contribution in [1.82, 2.24) is 19.2 Å². The van der Waals surface area contributed by atoms with Crippen molar-refractivity contribution in [2.24, 2.45) is 0 Å². The van der Waals surface area contributed by atoms with Gasteiger partial charge in [0.1, 0.15) is 6.54 Å². The average molecular weight is 443 g/mol. The van der Waals surface area contributed by atoms with Gasteiger partial charge in [0.2, 0.25) is 11.9 Å². The quantitative estimate of drug-likeness (QED) is 0.514. The molecule has 1 amide bonds. The molecular formula is C25H26N6O2. The Hall–Kier alpha value is -3.94. The maximum absolute atomic E-state index is 13.3. The molecule has 2 aromatic carbocycles. The fraction of sp³-hybridized carbons (Fsp3) is 0.280. The van der Waals surface area contributed by atoms with Crippen molar-refractivity contribution >= 4 is 23.2 Å². The van der Waals surface area contributed by atoms with E-state index in [0.29, 0.717) is 23.8 Å². The molecule has 0 bridgehead atoms. The van der Waals surface area contributed by atoms with Gasteiger partial charge in [-0.1, -0.05) is 43.3 Å². The molecule has 168 valence electrons. The summed E-state index contributed by atoms with van der Waals surface area (Å²) in [5.74, 6) is 0.263. The van der Waals surface area contributed by atoms with Crippen LogP contribution in [0, 0.1) is 6.92 Å². The zero-order chi connectivity index (χ0) is 22.9. The van der Waals surface area contributed by atoms with Crippen molar-refractivity contribution in [1.29, 1.82) is 0 Å². The summed E-state index contributed by atoms with van der Waals surface area (Å²) in [7, 11) is 0. The van der Waals surface area contributed by atoms with E-state index in [2.05, 4.69) is 45.4 Å². The molecule has 1 aliphatic heterocycles. The first-order chi connectivity index (χ1) is 16.0. The van der Waals surface area contributed by atoms with Crippen LogP contribution in [0.3, 0.4) is 0 Å². The van der Waals surface area contributed by atoms with Gasteiger partial charge < -0.3 is 10.2 Å². The summed E-state index contributed by atoms with van der Waals surface area (Å²) in [5.41, 5.74) is 5.28. The number of hydrogen-bond acceptors (Lipinski definition) is 5. The van der Waals surface area contributed by atoms with Gasteiger partial charge in [0.15, 0.2) is 5.65 Å². The highest BCUT2D eigenvalue weighted by molar-refractivity contribution is 5.90. The van der Waals surface area contributed by atoms with E-state index < -0.39 is 0 Å². The lowest BCUT2D eigenvalue weighted by Crippen LogP contribution is -2.35. The summed E-state index contributed by atoms with van der Waals surface area (Å²) >= 11 is 0. The SMILES string of the molecule is CCc1cccc(NC(=O)Cn2nc3cc(C)nc(N4CCc5ccccc5C4)n3c2=O)c1. The highest BCUT2D eigenvalue weighted by Crippen LogP contribution is 2.23. The second kappa shape index (κ2) is 8.54. The molecule has 8 nitrogen and oxygen atoms in total. The highest BCUT2D eigenvalue weighted by Gasteiger charge is 2.22. The van der Waals surface area contributed by atoms with Crippen molar-refractivity contribution in [2.75, 3.05) is 16.8 Å². The monoisotopic (exact) mass is 442 g/mol. The molecule has 0 atom stereocenters. The number of benzene rings is 2.